The van der Waals surface area contributed by atoms with Crippen LogP contribution in [-0.2, 0) is 22.6 Å². The van der Waals surface area contributed by atoms with Crippen LogP contribution < -0.4 is 0 Å². The van der Waals surface area contributed by atoms with E-state index < -0.39 is 0 Å². The zero-order valence-electron chi connectivity index (χ0n) is 15.5. The Morgan fingerprint density at radius 2 is 2.23 bits per heavy atom. The molecule has 3 rings (SSSR count). The van der Waals surface area contributed by atoms with E-state index in [-0.39, 0.29) is 12.0 Å². The molecule has 1 aliphatic rings. The zero-order valence-corrected chi connectivity index (χ0v) is 15.5. The molecule has 0 bridgehead atoms. The third-order valence-electron chi connectivity index (χ3n) is 4.48. The van der Waals surface area contributed by atoms with Gasteiger partial charge in [-0.2, -0.15) is 5.10 Å². The van der Waals surface area contributed by atoms with E-state index in [1.165, 1.54) is 0 Å². The van der Waals surface area contributed by atoms with Crippen LogP contribution in [0.25, 0.3) is 0 Å². The number of methoxy groups -OCH3 is 1. The molecule has 1 saturated heterocycles. The van der Waals surface area contributed by atoms with Gasteiger partial charge in [0.25, 0.3) is 5.91 Å². The molecule has 2 aromatic heterocycles. The SMILES string of the molecule is CCCn1ncc(C(=O)N2CCO[C@H](c3nnnn3CCOC)C2)c1C. The van der Waals surface area contributed by atoms with Crippen molar-refractivity contribution in [2.24, 2.45) is 0 Å². The van der Waals surface area contributed by atoms with Gasteiger partial charge in [-0.3, -0.25) is 9.48 Å². The maximum Gasteiger partial charge on any atom is 0.257 e. The van der Waals surface area contributed by atoms with Gasteiger partial charge in [-0.1, -0.05) is 6.92 Å². The molecule has 0 aliphatic carbocycles. The first-order valence-electron chi connectivity index (χ1n) is 8.84. The van der Waals surface area contributed by atoms with Gasteiger partial charge in [0.1, 0.15) is 6.10 Å². The molecule has 3 heterocycles. The first kappa shape index (κ1) is 18.5. The van der Waals surface area contributed by atoms with Crippen molar-refractivity contribution in [1.29, 1.82) is 0 Å². The van der Waals surface area contributed by atoms with E-state index in [0.29, 0.717) is 44.2 Å². The van der Waals surface area contributed by atoms with Gasteiger partial charge in [0.05, 0.1) is 38.1 Å². The normalized spacial score (nSPS) is 17.7. The number of hydrogen-bond donors (Lipinski definition) is 0. The van der Waals surface area contributed by atoms with Crippen LogP contribution in [0.4, 0.5) is 0 Å². The summed E-state index contributed by atoms with van der Waals surface area (Å²) in [6.07, 6.45) is 2.27. The van der Waals surface area contributed by atoms with Crippen LogP contribution in [0.15, 0.2) is 6.20 Å². The van der Waals surface area contributed by atoms with Gasteiger partial charge in [-0.05, 0) is 23.8 Å². The van der Waals surface area contributed by atoms with E-state index in [9.17, 15) is 4.79 Å². The second-order valence-electron chi connectivity index (χ2n) is 6.23. The minimum atomic E-state index is -0.356. The fourth-order valence-electron chi connectivity index (χ4n) is 3.03. The van der Waals surface area contributed by atoms with Crippen LogP contribution in [0.3, 0.4) is 0 Å². The number of aryl methyl sites for hydroxylation is 1. The third kappa shape index (κ3) is 3.75. The molecule has 142 valence electrons. The fourth-order valence-corrected chi connectivity index (χ4v) is 3.03. The fraction of sp³-hybridized carbons (Fsp3) is 0.688. The van der Waals surface area contributed by atoms with Crippen molar-refractivity contribution in [2.75, 3.05) is 33.4 Å². The number of ether oxygens (including phenoxy) is 2. The number of tetrazole rings is 1. The smallest absolute Gasteiger partial charge is 0.257 e. The quantitative estimate of drug-likeness (QED) is 0.704. The first-order valence-corrected chi connectivity index (χ1v) is 8.84. The molecule has 26 heavy (non-hydrogen) atoms. The average molecular weight is 363 g/mol. The molecular formula is C16H25N7O3. The highest BCUT2D eigenvalue weighted by Crippen LogP contribution is 2.22. The second kappa shape index (κ2) is 8.37. The van der Waals surface area contributed by atoms with Crippen molar-refractivity contribution in [3.63, 3.8) is 0 Å². The first-order chi connectivity index (χ1) is 12.7. The lowest BCUT2D eigenvalue weighted by Gasteiger charge is -2.32. The molecular weight excluding hydrogens is 338 g/mol. The third-order valence-corrected chi connectivity index (χ3v) is 4.48. The summed E-state index contributed by atoms with van der Waals surface area (Å²) in [5.74, 6) is 0.576. The number of aromatic nitrogens is 6. The number of nitrogens with zero attached hydrogens (tertiary/aromatic N) is 7. The van der Waals surface area contributed by atoms with Crippen LogP contribution in [0, 0.1) is 6.92 Å². The van der Waals surface area contributed by atoms with E-state index in [4.69, 9.17) is 9.47 Å². The van der Waals surface area contributed by atoms with Crippen molar-refractivity contribution >= 4 is 5.91 Å². The Morgan fingerprint density at radius 1 is 1.38 bits per heavy atom. The lowest BCUT2D eigenvalue weighted by Crippen LogP contribution is -2.43. The monoisotopic (exact) mass is 363 g/mol. The van der Waals surface area contributed by atoms with Crippen molar-refractivity contribution in [2.45, 2.75) is 39.5 Å². The number of carbonyl (C=O) groups excluding carboxylic acids is 1. The Kier molecular flexibility index (Phi) is 5.94. The Hall–Kier alpha value is -2.33. The van der Waals surface area contributed by atoms with Crippen LogP contribution in [-0.4, -0.2) is 74.2 Å². The number of morpholine rings is 1. The van der Waals surface area contributed by atoms with E-state index in [1.54, 1.807) is 22.9 Å². The van der Waals surface area contributed by atoms with Gasteiger partial charge < -0.3 is 14.4 Å². The van der Waals surface area contributed by atoms with Gasteiger partial charge in [0.2, 0.25) is 0 Å². The van der Waals surface area contributed by atoms with Crippen LogP contribution >= 0.6 is 0 Å². The largest absolute Gasteiger partial charge is 0.383 e. The molecule has 0 unspecified atom stereocenters. The van der Waals surface area contributed by atoms with Crippen LogP contribution in [0.5, 0.6) is 0 Å². The zero-order chi connectivity index (χ0) is 18.5. The predicted octanol–water partition coefficient (Wildman–Crippen LogP) is 0.448. The summed E-state index contributed by atoms with van der Waals surface area (Å²) >= 11 is 0. The van der Waals surface area contributed by atoms with Gasteiger partial charge in [-0.25, -0.2) is 4.68 Å². The van der Waals surface area contributed by atoms with Crippen molar-refractivity contribution in [3.8, 4) is 0 Å². The van der Waals surface area contributed by atoms with Crippen LogP contribution in [0.2, 0.25) is 0 Å². The van der Waals surface area contributed by atoms with Gasteiger partial charge in [-0.15, -0.1) is 5.10 Å². The highest BCUT2D eigenvalue weighted by Gasteiger charge is 2.31. The van der Waals surface area contributed by atoms with Gasteiger partial charge in [0, 0.05) is 25.9 Å². The summed E-state index contributed by atoms with van der Waals surface area (Å²) in [4.78, 5) is 14.7. The van der Waals surface area contributed by atoms with Crippen LogP contribution in [0.1, 0.15) is 41.3 Å². The highest BCUT2D eigenvalue weighted by atomic mass is 16.5. The number of carbonyl (C=O) groups is 1. The Labute approximate surface area is 152 Å². The van der Waals surface area contributed by atoms with Gasteiger partial charge >= 0.3 is 0 Å². The molecule has 1 amide bonds. The number of hydrogen-bond acceptors (Lipinski definition) is 7. The molecule has 1 fully saturated rings. The summed E-state index contributed by atoms with van der Waals surface area (Å²) in [6, 6.07) is 0. The van der Waals surface area contributed by atoms with E-state index in [1.807, 2.05) is 11.6 Å². The van der Waals surface area contributed by atoms with E-state index in [0.717, 1.165) is 18.7 Å². The summed E-state index contributed by atoms with van der Waals surface area (Å²) in [5, 5.41) is 16.1. The lowest BCUT2D eigenvalue weighted by molar-refractivity contribution is -0.0292. The molecule has 1 atom stereocenters. The van der Waals surface area contributed by atoms with Crippen molar-refractivity contribution < 1.29 is 14.3 Å². The molecule has 0 spiro atoms. The number of rotatable bonds is 7. The average Bonchev–Trinajstić information content (AvgIpc) is 3.27. The maximum absolute atomic E-state index is 12.9. The molecule has 0 aromatic carbocycles. The maximum atomic E-state index is 12.9. The minimum absolute atomic E-state index is 0.0333. The Morgan fingerprint density at radius 3 is 3.00 bits per heavy atom. The molecule has 2 aromatic rings. The summed E-state index contributed by atoms with van der Waals surface area (Å²) in [5.41, 5.74) is 1.53. The van der Waals surface area contributed by atoms with E-state index >= 15 is 0 Å². The number of amides is 1. The summed E-state index contributed by atoms with van der Waals surface area (Å²) in [7, 11) is 1.63. The molecule has 10 heteroatoms. The van der Waals surface area contributed by atoms with E-state index in [2.05, 4.69) is 27.5 Å². The Balaban J connectivity index is 1.72. The lowest BCUT2D eigenvalue weighted by atomic mass is 10.2. The highest BCUT2D eigenvalue weighted by molar-refractivity contribution is 5.95. The van der Waals surface area contributed by atoms with Crippen molar-refractivity contribution in [3.05, 3.63) is 23.3 Å². The summed E-state index contributed by atoms with van der Waals surface area (Å²) < 4.78 is 14.4. The van der Waals surface area contributed by atoms with Crippen molar-refractivity contribution in [1.82, 2.24) is 34.9 Å². The predicted molar refractivity (Wildman–Crippen MR) is 91.5 cm³/mol. The standard InChI is InChI=1S/C16H25N7O3/c1-4-5-22-12(2)13(10-17-22)16(24)21-6-9-26-14(11-21)15-18-19-20-23(15)7-8-25-3/h10,14H,4-9,11H2,1-3H3/t14-/m0/s1. The topological polar surface area (TPSA) is 100 Å². The molecule has 0 N–H and O–H groups in total. The molecule has 0 radical (unpaired) electrons. The van der Waals surface area contributed by atoms with Gasteiger partial charge in [0.15, 0.2) is 5.82 Å². The molecule has 10 nitrogen and oxygen atoms in total. The Bertz CT molecular complexity index is 742. The summed E-state index contributed by atoms with van der Waals surface area (Å²) in [6.45, 7) is 7.24. The second-order valence-corrected chi connectivity index (χ2v) is 6.23. The molecule has 0 saturated carbocycles. The molecule has 1 aliphatic heterocycles. The minimum Gasteiger partial charge on any atom is -0.383 e.